The maximum absolute atomic E-state index is 14.0. The number of aromatic nitrogens is 3. The number of hydrogen-bond donors (Lipinski definition) is 2. The van der Waals surface area contributed by atoms with Gasteiger partial charge in [0.25, 0.3) is 5.91 Å². The van der Waals surface area contributed by atoms with Crippen LogP contribution in [0.1, 0.15) is 101 Å². The van der Waals surface area contributed by atoms with Crippen LogP contribution in [0.5, 0.6) is 0 Å². The minimum atomic E-state index is -0.574. The molecule has 2 aliphatic heterocycles. The molecule has 48 heavy (non-hydrogen) atoms. The van der Waals surface area contributed by atoms with Crippen LogP contribution in [-0.2, 0) is 10.2 Å². The summed E-state index contributed by atoms with van der Waals surface area (Å²) in [7, 11) is 0. The van der Waals surface area contributed by atoms with Gasteiger partial charge in [-0.15, -0.1) is 0 Å². The number of aryl methyl sites for hydroxylation is 1. The molecule has 2 aromatic heterocycles. The molecule has 1 aliphatic carbocycles. The molecule has 1 saturated heterocycles. The van der Waals surface area contributed by atoms with Gasteiger partial charge in [0.1, 0.15) is 5.52 Å². The fourth-order valence-corrected chi connectivity index (χ4v) is 7.77. The number of nitrogens with zero attached hydrogens (tertiary/aromatic N) is 5. The molecule has 2 N–H and O–H groups in total. The number of likely N-dealkylation sites (tertiary alicyclic amines) is 1. The molecule has 0 unspecified atom stereocenters. The van der Waals surface area contributed by atoms with Crippen molar-refractivity contribution in [2.75, 3.05) is 23.3 Å². The van der Waals surface area contributed by atoms with Crippen molar-refractivity contribution in [3.8, 4) is 11.3 Å². The van der Waals surface area contributed by atoms with Gasteiger partial charge < -0.3 is 25.0 Å². The number of anilines is 3. The zero-order valence-electron chi connectivity index (χ0n) is 29.4. The molecule has 0 bridgehead atoms. The highest BCUT2D eigenvalue weighted by Crippen LogP contribution is 2.48. The summed E-state index contributed by atoms with van der Waals surface area (Å²) in [5.74, 6) is 0.763. The first-order valence-electron chi connectivity index (χ1n) is 17.7. The minimum Gasteiger partial charge on any atom is -0.350 e. The van der Waals surface area contributed by atoms with Crippen molar-refractivity contribution in [3.05, 3.63) is 65.5 Å². The number of hydrogen-bond acceptors (Lipinski definition) is 6. The molecule has 3 aliphatic rings. The van der Waals surface area contributed by atoms with E-state index in [-0.39, 0.29) is 29.9 Å². The van der Waals surface area contributed by atoms with Crippen LogP contribution in [0.15, 0.2) is 48.8 Å². The van der Waals surface area contributed by atoms with Gasteiger partial charge in [0.2, 0.25) is 5.91 Å². The van der Waals surface area contributed by atoms with E-state index in [9.17, 15) is 9.59 Å². The van der Waals surface area contributed by atoms with Gasteiger partial charge in [0.05, 0.1) is 23.0 Å². The Morgan fingerprint density at radius 2 is 1.71 bits per heavy atom. The summed E-state index contributed by atoms with van der Waals surface area (Å²) < 4.78 is 2.12. The highest BCUT2D eigenvalue weighted by molar-refractivity contribution is 6.09. The van der Waals surface area contributed by atoms with E-state index in [4.69, 9.17) is 9.97 Å². The van der Waals surface area contributed by atoms with E-state index in [1.807, 2.05) is 51.4 Å². The van der Waals surface area contributed by atoms with Gasteiger partial charge in [-0.2, -0.15) is 0 Å². The highest BCUT2D eigenvalue weighted by Gasteiger charge is 2.50. The lowest BCUT2D eigenvalue weighted by Gasteiger charge is -2.48. The van der Waals surface area contributed by atoms with Crippen molar-refractivity contribution in [2.24, 2.45) is 0 Å². The molecule has 0 spiro atoms. The minimum absolute atomic E-state index is 0.0383. The quantitative estimate of drug-likeness (QED) is 0.206. The maximum Gasteiger partial charge on any atom is 0.251 e. The lowest BCUT2D eigenvalue weighted by atomic mass is 9.82. The number of carbonyl (C=O) groups is 2. The Morgan fingerprint density at radius 1 is 0.958 bits per heavy atom. The monoisotopic (exact) mass is 647 g/mol. The summed E-state index contributed by atoms with van der Waals surface area (Å²) in [6, 6.07) is 15.2. The third kappa shape index (κ3) is 5.66. The van der Waals surface area contributed by atoms with Crippen LogP contribution in [0.3, 0.4) is 0 Å². The topological polar surface area (TPSA) is 95.4 Å². The highest BCUT2D eigenvalue weighted by atomic mass is 16.2. The molecule has 4 aromatic rings. The third-order valence-corrected chi connectivity index (χ3v) is 10.6. The van der Waals surface area contributed by atoms with Gasteiger partial charge in [-0.05, 0) is 123 Å². The van der Waals surface area contributed by atoms with E-state index in [1.165, 1.54) is 32.4 Å². The number of carbonyl (C=O) groups excluding carboxylic acids is 2. The number of fused-ring (bicyclic) bond motifs is 2. The van der Waals surface area contributed by atoms with E-state index in [1.54, 1.807) is 0 Å². The average Bonchev–Trinajstić information content (AvgIpc) is 3.55. The Balaban J connectivity index is 1.25. The lowest BCUT2D eigenvalue weighted by Crippen LogP contribution is -2.57. The number of piperidine rings is 1. The number of benzene rings is 2. The van der Waals surface area contributed by atoms with Crippen LogP contribution in [0.25, 0.3) is 22.3 Å². The van der Waals surface area contributed by atoms with E-state index in [0.717, 1.165) is 57.6 Å². The van der Waals surface area contributed by atoms with Crippen molar-refractivity contribution in [1.29, 1.82) is 0 Å². The SMILES string of the molecule is Cc1ccc(Nc2nc(-c3ccc4c(c3)N([C@H]3C[C@@H](N5CCCCC5)C3)C(=O)C4(C)C)cc3ncn(C(C)C)c23)cc1C(=O)NC(C)C. The molecule has 2 fully saturated rings. The van der Waals surface area contributed by atoms with Crippen molar-refractivity contribution in [3.63, 3.8) is 0 Å². The first kappa shape index (κ1) is 32.3. The van der Waals surface area contributed by atoms with E-state index < -0.39 is 5.41 Å². The van der Waals surface area contributed by atoms with Crippen LogP contribution in [-0.4, -0.2) is 62.5 Å². The predicted molar refractivity (Wildman–Crippen MR) is 193 cm³/mol. The number of nitrogens with one attached hydrogen (secondary N) is 2. The normalized spacial score (nSPS) is 20.8. The fourth-order valence-electron chi connectivity index (χ4n) is 7.77. The largest absolute Gasteiger partial charge is 0.350 e. The van der Waals surface area contributed by atoms with Gasteiger partial charge in [-0.3, -0.25) is 9.59 Å². The van der Waals surface area contributed by atoms with Crippen molar-refractivity contribution in [2.45, 2.75) is 110 Å². The van der Waals surface area contributed by atoms with Crippen LogP contribution >= 0.6 is 0 Å². The molecular formula is C39H49N7O2. The van der Waals surface area contributed by atoms with Gasteiger partial charge in [-0.1, -0.05) is 24.6 Å². The van der Waals surface area contributed by atoms with Crippen LogP contribution in [0, 0.1) is 6.92 Å². The number of pyridine rings is 1. The molecule has 1 saturated carbocycles. The molecule has 2 aromatic carbocycles. The first-order chi connectivity index (χ1) is 22.9. The van der Waals surface area contributed by atoms with Gasteiger partial charge in [0, 0.05) is 46.7 Å². The van der Waals surface area contributed by atoms with Crippen molar-refractivity contribution >= 4 is 40.0 Å². The fraction of sp³-hybridized carbons (Fsp3) is 0.487. The zero-order valence-corrected chi connectivity index (χ0v) is 29.4. The van der Waals surface area contributed by atoms with Crippen LogP contribution in [0.2, 0.25) is 0 Å². The molecule has 9 nitrogen and oxygen atoms in total. The molecule has 4 heterocycles. The Bertz CT molecular complexity index is 1880. The summed E-state index contributed by atoms with van der Waals surface area (Å²) in [4.78, 5) is 41.7. The second kappa shape index (κ2) is 12.3. The van der Waals surface area contributed by atoms with Crippen LogP contribution < -0.4 is 15.5 Å². The number of imidazole rings is 1. The van der Waals surface area contributed by atoms with Gasteiger partial charge in [-0.25, -0.2) is 9.97 Å². The second-order valence-electron chi connectivity index (χ2n) is 15.2. The molecule has 7 rings (SSSR count). The summed E-state index contributed by atoms with van der Waals surface area (Å²) >= 11 is 0. The standard InChI is InChI=1S/C39H49N7O2/c1-23(2)41-37(47)30-18-27(13-11-25(30)5)42-36-35-33(40-22-45(35)24(3)4)21-32(43-36)26-12-14-31-34(17-26)46(38(48)39(31,6)7)29-19-28(20-29)44-15-9-8-10-16-44/h11-14,17-18,21-24,28-29H,8-10,15-16,19-20H2,1-7H3,(H,41,47)(H,42,43)/t28-,29+. The van der Waals surface area contributed by atoms with Gasteiger partial charge in [0.15, 0.2) is 5.82 Å². The molecular weight excluding hydrogens is 598 g/mol. The molecule has 0 atom stereocenters. The summed E-state index contributed by atoms with van der Waals surface area (Å²) in [6.45, 7) is 16.6. The predicted octanol–water partition coefficient (Wildman–Crippen LogP) is 7.51. The molecule has 9 heteroatoms. The number of rotatable bonds is 8. The first-order valence-corrected chi connectivity index (χ1v) is 17.7. The maximum atomic E-state index is 14.0. The zero-order chi connectivity index (χ0) is 33.9. The van der Waals surface area contributed by atoms with E-state index in [2.05, 4.69) is 70.9 Å². The Labute approximate surface area is 284 Å². The molecule has 0 radical (unpaired) electrons. The average molecular weight is 648 g/mol. The van der Waals surface area contributed by atoms with Crippen LogP contribution in [0.4, 0.5) is 17.2 Å². The third-order valence-electron chi connectivity index (χ3n) is 10.6. The Hall–Kier alpha value is -4.24. The number of amides is 2. The van der Waals surface area contributed by atoms with E-state index in [0.29, 0.717) is 17.4 Å². The lowest BCUT2D eigenvalue weighted by molar-refractivity contribution is -0.123. The second-order valence-corrected chi connectivity index (χ2v) is 15.2. The summed E-state index contributed by atoms with van der Waals surface area (Å²) in [5, 5.41) is 6.56. The Kier molecular flexibility index (Phi) is 8.30. The summed E-state index contributed by atoms with van der Waals surface area (Å²) in [6.07, 6.45) is 7.83. The van der Waals surface area contributed by atoms with Crippen molar-refractivity contribution < 1.29 is 9.59 Å². The summed E-state index contributed by atoms with van der Waals surface area (Å²) in [5.41, 5.74) is 7.28. The smallest absolute Gasteiger partial charge is 0.251 e. The van der Waals surface area contributed by atoms with E-state index >= 15 is 0 Å². The Morgan fingerprint density at radius 3 is 2.42 bits per heavy atom. The molecule has 2 amide bonds. The van der Waals surface area contributed by atoms with Gasteiger partial charge >= 0.3 is 0 Å². The molecule has 252 valence electrons. The van der Waals surface area contributed by atoms with Crippen molar-refractivity contribution in [1.82, 2.24) is 24.8 Å².